The molecule has 0 unspecified atom stereocenters. The fraction of sp³-hybridized carbons (Fsp3) is 0.308. The van der Waals surface area contributed by atoms with E-state index in [1.807, 2.05) is 0 Å². The van der Waals surface area contributed by atoms with Crippen LogP contribution in [0.3, 0.4) is 0 Å². The van der Waals surface area contributed by atoms with Crippen molar-refractivity contribution in [1.82, 2.24) is 10.2 Å². The van der Waals surface area contributed by atoms with E-state index in [4.69, 9.17) is 0 Å². The maximum atomic E-state index is 12.1. The van der Waals surface area contributed by atoms with Gasteiger partial charge in [-0.05, 0) is 12.0 Å². The predicted molar refractivity (Wildman–Crippen MR) is 65.3 cm³/mol. The monoisotopic (exact) mass is 246 g/mol. The van der Waals surface area contributed by atoms with Crippen LogP contribution in [0.15, 0.2) is 36.5 Å². The molecule has 2 aliphatic rings. The van der Waals surface area contributed by atoms with E-state index in [9.17, 15) is 14.4 Å². The molecule has 2 rings (SSSR count). The number of carbonyl (C=O) groups is 3. The van der Waals surface area contributed by atoms with E-state index in [1.54, 1.807) is 6.08 Å². The van der Waals surface area contributed by atoms with Gasteiger partial charge in [0.15, 0.2) is 0 Å². The van der Waals surface area contributed by atoms with Gasteiger partial charge < -0.3 is 4.90 Å². The van der Waals surface area contributed by atoms with E-state index in [0.717, 1.165) is 5.57 Å². The molecule has 0 aromatic rings. The first-order valence-electron chi connectivity index (χ1n) is 5.71. The Bertz CT molecular complexity index is 490. The summed E-state index contributed by atoms with van der Waals surface area (Å²) in [6.45, 7) is 7.58. The zero-order valence-corrected chi connectivity index (χ0v) is 9.94. The number of nitrogens with zero attached hydrogens (tertiary/aromatic N) is 1. The molecule has 0 radical (unpaired) electrons. The average Bonchev–Trinajstić information content (AvgIpc) is 2.66. The average molecular weight is 246 g/mol. The standard InChI is InChI=1S/C13H14N2O3/c1-3-8-7-15(13(18)9(8)4-2)10-5-6-11(16)14-12(10)17/h3-4,10H,1-2,5-7H2,(H,14,16,17)/t10-/m0/s1. The van der Waals surface area contributed by atoms with Crippen LogP contribution in [0.5, 0.6) is 0 Å². The van der Waals surface area contributed by atoms with Gasteiger partial charge in [0.05, 0.1) is 0 Å². The van der Waals surface area contributed by atoms with Crippen molar-refractivity contribution in [2.24, 2.45) is 0 Å². The van der Waals surface area contributed by atoms with Crippen molar-refractivity contribution >= 4 is 17.7 Å². The summed E-state index contributed by atoms with van der Waals surface area (Å²) in [5, 5.41) is 2.25. The second-order valence-electron chi connectivity index (χ2n) is 4.25. The SMILES string of the molecule is C=CC1=C(C=C)C(=O)N([C@H]2CCC(=O)NC2=O)C1. The zero-order chi connectivity index (χ0) is 13.3. The number of carbonyl (C=O) groups excluding carboxylic acids is 3. The third kappa shape index (κ3) is 1.88. The fourth-order valence-electron chi connectivity index (χ4n) is 2.26. The molecule has 5 heteroatoms. The smallest absolute Gasteiger partial charge is 0.255 e. The fourth-order valence-corrected chi connectivity index (χ4v) is 2.26. The van der Waals surface area contributed by atoms with E-state index in [-0.39, 0.29) is 18.2 Å². The molecule has 0 spiro atoms. The third-order valence-electron chi connectivity index (χ3n) is 3.21. The number of piperidine rings is 1. The van der Waals surface area contributed by atoms with E-state index < -0.39 is 11.9 Å². The van der Waals surface area contributed by atoms with Crippen LogP contribution in [-0.2, 0) is 14.4 Å². The number of hydrogen-bond donors (Lipinski definition) is 1. The Labute approximate surface area is 105 Å². The maximum absolute atomic E-state index is 12.1. The van der Waals surface area contributed by atoms with Gasteiger partial charge in [0.1, 0.15) is 6.04 Å². The van der Waals surface area contributed by atoms with E-state index in [1.165, 1.54) is 11.0 Å². The van der Waals surface area contributed by atoms with Crippen LogP contribution < -0.4 is 5.32 Å². The summed E-state index contributed by atoms with van der Waals surface area (Å²) in [7, 11) is 0. The molecule has 1 fully saturated rings. The number of nitrogens with one attached hydrogen (secondary N) is 1. The summed E-state index contributed by atoms with van der Waals surface area (Å²) in [5.74, 6) is -0.925. The second kappa shape index (κ2) is 4.60. The molecule has 5 nitrogen and oxygen atoms in total. The highest BCUT2D eigenvalue weighted by atomic mass is 16.2. The zero-order valence-electron chi connectivity index (χ0n) is 9.94. The summed E-state index contributed by atoms with van der Waals surface area (Å²) in [4.78, 5) is 36.4. The quantitative estimate of drug-likeness (QED) is 0.728. The van der Waals surface area contributed by atoms with Gasteiger partial charge in [-0.15, -0.1) is 0 Å². The molecule has 0 bridgehead atoms. The Hall–Kier alpha value is -2.17. The molecule has 1 saturated heterocycles. The summed E-state index contributed by atoms with van der Waals surface area (Å²) in [5.41, 5.74) is 1.24. The molecule has 18 heavy (non-hydrogen) atoms. The van der Waals surface area contributed by atoms with Crippen LogP contribution in [0.25, 0.3) is 0 Å². The van der Waals surface area contributed by atoms with Crippen LogP contribution in [0.4, 0.5) is 0 Å². The lowest BCUT2D eigenvalue weighted by molar-refractivity contribution is -0.142. The largest absolute Gasteiger partial charge is 0.322 e. The highest BCUT2D eigenvalue weighted by molar-refractivity contribution is 6.06. The van der Waals surface area contributed by atoms with Gasteiger partial charge in [0.2, 0.25) is 11.8 Å². The van der Waals surface area contributed by atoms with Crippen molar-refractivity contribution in [2.45, 2.75) is 18.9 Å². The molecular weight excluding hydrogens is 232 g/mol. The molecule has 0 saturated carbocycles. The van der Waals surface area contributed by atoms with Crippen molar-refractivity contribution in [1.29, 1.82) is 0 Å². The molecule has 2 aliphatic heterocycles. The Balaban J connectivity index is 2.20. The van der Waals surface area contributed by atoms with Gasteiger partial charge in [0, 0.05) is 18.5 Å². The Morgan fingerprint density at radius 2 is 1.94 bits per heavy atom. The first-order valence-corrected chi connectivity index (χ1v) is 5.71. The minimum absolute atomic E-state index is 0.227. The second-order valence-corrected chi connectivity index (χ2v) is 4.25. The van der Waals surface area contributed by atoms with Crippen LogP contribution in [0.2, 0.25) is 0 Å². The van der Waals surface area contributed by atoms with Gasteiger partial charge in [-0.25, -0.2) is 0 Å². The minimum atomic E-state index is -0.581. The van der Waals surface area contributed by atoms with Crippen molar-refractivity contribution < 1.29 is 14.4 Å². The molecule has 0 aromatic heterocycles. The van der Waals surface area contributed by atoms with E-state index >= 15 is 0 Å². The molecule has 0 aromatic carbocycles. The van der Waals surface area contributed by atoms with Crippen molar-refractivity contribution in [3.8, 4) is 0 Å². The van der Waals surface area contributed by atoms with Gasteiger partial charge >= 0.3 is 0 Å². The van der Waals surface area contributed by atoms with Crippen LogP contribution in [-0.4, -0.2) is 35.2 Å². The van der Waals surface area contributed by atoms with Gasteiger partial charge in [0.25, 0.3) is 5.91 Å². The summed E-state index contributed by atoms with van der Waals surface area (Å²) in [6, 6.07) is -0.581. The summed E-state index contributed by atoms with van der Waals surface area (Å²) in [6.07, 6.45) is 3.70. The number of hydrogen-bond acceptors (Lipinski definition) is 3. The molecule has 2 heterocycles. The lowest BCUT2D eigenvalue weighted by Gasteiger charge is -2.29. The molecule has 0 aliphatic carbocycles. The van der Waals surface area contributed by atoms with Crippen LogP contribution in [0, 0.1) is 0 Å². The topological polar surface area (TPSA) is 66.5 Å². The Morgan fingerprint density at radius 1 is 1.22 bits per heavy atom. The molecule has 3 amide bonds. The highest BCUT2D eigenvalue weighted by Gasteiger charge is 2.38. The third-order valence-corrected chi connectivity index (χ3v) is 3.21. The predicted octanol–water partition coefficient (Wildman–Crippen LogP) is 0.302. The number of rotatable bonds is 3. The normalized spacial score (nSPS) is 24.3. The van der Waals surface area contributed by atoms with E-state index in [2.05, 4.69) is 18.5 Å². The molecule has 1 N–H and O–H groups in total. The van der Waals surface area contributed by atoms with Crippen molar-refractivity contribution in [3.63, 3.8) is 0 Å². The van der Waals surface area contributed by atoms with Crippen molar-refractivity contribution in [2.75, 3.05) is 6.54 Å². The lowest BCUT2D eigenvalue weighted by Crippen LogP contribution is -2.53. The number of imide groups is 1. The van der Waals surface area contributed by atoms with Gasteiger partial charge in [-0.2, -0.15) is 0 Å². The first kappa shape index (κ1) is 12.3. The molecule has 1 atom stereocenters. The van der Waals surface area contributed by atoms with Crippen LogP contribution >= 0.6 is 0 Å². The van der Waals surface area contributed by atoms with E-state index in [0.29, 0.717) is 18.5 Å². The minimum Gasteiger partial charge on any atom is -0.322 e. The molecule has 94 valence electrons. The maximum Gasteiger partial charge on any atom is 0.255 e. The first-order chi connectivity index (χ1) is 8.58. The summed E-state index contributed by atoms with van der Waals surface area (Å²) < 4.78 is 0. The molecular formula is C13H14N2O3. The van der Waals surface area contributed by atoms with Crippen LogP contribution in [0.1, 0.15) is 12.8 Å². The van der Waals surface area contributed by atoms with Gasteiger partial charge in [-0.1, -0.05) is 25.3 Å². The number of amides is 3. The summed E-state index contributed by atoms with van der Waals surface area (Å²) >= 11 is 0. The van der Waals surface area contributed by atoms with Crippen molar-refractivity contribution in [3.05, 3.63) is 36.5 Å². The highest BCUT2D eigenvalue weighted by Crippen LogP contribution is 2.25. The Kier molecular flexibility index (Phi) is 3.14. The lowest BCUT2D eigenvalue weighted by atomic mass is 10.0. The Morgan fingerprint density at radius 3 is 2.44 bits per heavy atom. The van der Waals surface area contributed by atoms with Gasteiger partial charge in [-0.3, -0.25) is 19.7 Å².